The molecule has 0 saturated carbocycles. The lowest BCUT2D eigenvalue weighted by atomic mass is 10.0. The predicted octanol–water partition coefficient (Wildman–Crippen LogP) is 1.07. The van der Waals surface area contributed by atoms with E-state index in [0.29, 0.717) is 12.0 Å². The Balaban J connectivity index is 3.31. The van der Waals surface area contributed by atoms with Crippen molar-refractivity contribution in [1.29, 1.82) is 0 Å². The Hall–Kier alpha value is -1.62. The molecule has 0 saturated heterocycles. The van der Waals surface area contributed by atoms with Crippen LogP contribution >= 0.6 is 0 Å². The molecular formula is C11H15NO4. The van der Waals surface area contributed by atoms with Crippen LogP contribution in [0.1, 0.15) is 36.1 Å². The van der Waals surface area contributed by atoms with Gasteiger partial charge in [0.25, 0.3) is 0 Å². The number of carbonyl (C=O) groups is 2. The second kappa shape index (κ2) is 4.94. The number of hydrogen-bond acceptors (Lipinski definition) is 3. The van der Waals surface area contributed by atoms with E-state index in [2.05, 4.69) is 0 Å². The number of aliphatic carboxylic acids is 1. The number of aliphatic hydroxyl groups is 1. The number of hydrogen-bond donors (Lipinski definition) is 2. The molecule has 16 heavy (non-hydrogen) atoms. The number of carboxylic acid groups (broad SMARTS) is 1. The number of rotatable bonds is 5. The Morgan fingerprint density at radius 2 is 2.12 bits per heavy atom. The van der Waals surface area contributed by atoms with Crippen molar-refractivity contribution in [1.82, 2.24) is 4.57 Å². The topological polar surface area (TPSA) is 79.5 Å². The zero-order valence-corrected chi connectivity index (χ0v) is 9.25. The van der Waals surface area contributed by atoms with Gasteiger partial charge in [-0.05, 0) is 18.1 Å². The molecule has 0 amide bonds. The highest BCUT2D eigenvalue weighted by atomic mass is 16.4. The molecule has 0 spiro atoms. The first kappa shape index (κ1) is 12.4. The molecule has 2 N–H and O–H groups in total. The van der Waals surface area contributed by atoms with Gasteiger partial charge in [0.1, 0.15) is 6.04 Å². The van der Waals surface area contributed by atoms with Gasteiger partial charge in [0.2, 0.25) is 0 Å². The summed E-state index contributed by atoms with van der Waals surface area (Å²) in [5, 5.41) is 18.2. The fraction of sp³-hybridized carbons (Fsp3) is 0.455. The van der Waals surface area contributed by atoms with Crippen LogP contribution in [0, 0.1) is 5.92 Å². The standard InChI is InChI=1S/C11H15NO4/c1-7(2)10(11(15)16)12-8(5-13)3-4-9(12)6-14/h3-5,7,10,14H,6H2,1-2H3,(H,15,16). The van der Waals surface area contributed by atoms with Gasteiger partial charge in [-0.15, -0.1) is 0 Å². The van der Waals surface area contributed by atoms with Crippen molar-refractivity contribution in [2.75, 3.05) is 0 Å². The fourth-order valence-corrected chi connectivity index (χ4v) is 1.77. The lowest BCUT2D eigenvalue weighted by Gasteiger charge is -2.21. The number of aldehydes is 1. The molecule has 0 aliphatic heterocycles. The lowest BCUT2D eigenvalue weighted by Crippen LogP contribution is -2.27. The Bertz CT molecular complexity index is 395. The van der Waals surface area contributed by atoms with Gasteiger partial charge < -0.3 is 14.8 Å². The van der Waals surface area contributed by atoms with E-state index in [1.54, 1.807) is 19.9 Å². The number of nitrogens with zero attached hydrogens (tertiary/aromatic N) is 1. The van der Waals surface area contributed by atoms with Crippen LogP contribution < -0.4 is 0 Å². The molecule has 1 unspecified atom stereocenters. The van der Waals surface area contributed by atoms with Crippen molar-refractivity contribution in [2.24, 2.45) is 5.92 Å². The third kappa shape index (κ3) is 2.14. The normalized spacial score (nSPS) is 12.8. The number of carbonyl (C=O) groups excluding carboxylic acids is 1. The van der Waals surface area contributed by atoms with Gasteiger partial charge in [0.05, 0.1) is 12.3 Å². The van der Waals surface area contributed by atoms with Crippen LogP contribution in [0.15, 0.2) is 12.1 Å². The van der Waals surface area contributed by atoms with Gasteiger partial charge in [-0.25, -0.2) is 4.79 Å². The summed E-state index contributed by atoms with van der Waals surface area (Å²) in [7, 11) is 0. The molecule has 0 bridgehead atoms. The molecule has 0 aliphatic rings. The molecule has 0 fully saturated rings. The summed E-state index contributed by atoms with van der Waals surface area (Å²) in [6.07, 6.45) is 0.595. The van der Waals surface area contributed by atoms with Gasteiger partial charge in [-0.3, -0.25) is 4.79 Å². The molecule has 1 heterocycles. The zero-order chi connectivity index (χ0) is 12.3. The van der Waals surface area contributed by atoms with Gasteiger partial charge in [-0.1, -0.05) is 13.8 Å². The van der Waals surface area contributed by atoms with Gasteiger partial charge >= 0.3 is 5.97 Å². The Kier molecular flexibility index (Phi) is 3.84. The molecule has 5 heteroatoms. The second-order valence-electron chi connectivity index (χ2n) is 3.92. The van der Waals surface area contributed by atoms with E-state index in [1.165, 1.54) is 10.6 Å². The minimum atomic E-state index is -1.01. The SMILES string of the molecule is CC(C)C(C(=O)O)n1c(C=O)ccc1CO. The number of aliphatic hydroxyl groups excluding tert-OH is 1. The lowest BCUT2D eigenvalue weighted by molar-refractivity contribution is -0.142. The monoisotopic (exact) mass is 225 g/mol. The van der Waals surface area contributed by atoms with Crippen LogP contribution in [0.4, 0.5) is 0 Å². The highest BCUT2D eigenvalue weighted by Crippen LogP contribution is 2.23. The number of carboxylic acids is 1. The minimum Gasteiger partial charge on any atom is -0.480 e. The van der Waals surface area contributed by atoms with Crippen molar-refractivity contribution >= 4 is 12.3 Å². The summed E-state index contributed by atoms with van der Waals surface area (Å²) in [6, 6.07) is 2.23. The molecule has 1 aromatic rings. The minimum absolute atomic E-state index is 0.172. The van der Waals surface area contributed by atoms with E-state index >= 15 is 0 Å². The maximum absolute atomic E-state index is 11.2. The first-order valence-electron chi connectivity index (χ1n) is 5.01. The van der Waals surface area contributed by atoms with Crippen molar-refractivity contribution < 1.29 is 19.8 Å². The quantitative estimate of drug-likeness (QED) is 0.735. The van der Waals surface area contributed by atoms with E-state index < -0.39 is 12.0 Å². The van der Waals surface area contributed by atoms with Gasteiger partial charge in [0.15, 0.2) is 6.29 Å². The second-order valence-corrected chi connectivity index (χ2v) is 3.92. The van der Waals surface area contributed by atoms with Crippen LogP contribution in [0.25, 0.3) is 0 Å². The van der Waals surface area contributed by atoms with E-state index in [9.17, 15) is 9.59 Å². The summed E-state index contributed by atoms with van der Waals surface area (Å²) in [5.74, 6) is -1.18. The maximum Gasteiger partial charge on any atom is 0.326 e. The van der Waals surface area contributed by atoms with E-state index in [0.717, 1.165) is 0 Å². The fourth-order valence-electron chi connectivity index (χ4n) is 1.77. The molecule has 1 rings (SSSR count). The van der Waals surface area contributed by atoms with Gasteiger partial charge in [-0.2, -0.15) is 0 Å². The van der Waals surface area contributed by atoms with Crippen LogP contribution in [-0.2, 0) is 11.4 Å². The predicted molar refractivity (Wildman–Crippen MR) is 57.3 cm³/mol. The smallest absolute Gasteiger partial charge is 0.326 e. The molecule has 1 atom stereocenters. The first-order valence-corrected chi connectivity index (χ1v) is 5.01. The summed E-state index contributed by atoms with van der Waals surface area (Å²) >= 11 is 0. The third-order valence-corrected chi connectivity index (χ3v) is 2.48. The van der Waals surface area contributed by atoms with Crippen molar-refractivity contribution in [3.05, 3.63) is 23.5 Å². The summed E-state index contributed by atoms with van der Waals surface area (Å²) in [4.78, 5) is 22.0. The van der Waals surface area contributed by atoms with Crippen LogP contribution in [0.5, 0.6) is 0 Å². The van der Waals surface area contributed by atoms with Crippen LogP contribution in [0.2, 0.25) is 0 Å². The first-order chi connectivity index (χ1) is 7.52. The average Bonchev–Trinajstić information content (AvgIpc) is 2.59. The summed E-state index contributed by atoms with van der Waals surface area (Å²) in [6.45, 7) is 3.23. The summed E-state index contributed by atoms with van der Waals surface area (Å²) < 4.78 is 1.38. The summed E-state index contributed by atoms with van der Waals surface area (Å²) in [5.41, 5.74) is 0.702. The molecular weight excluding hydrogens is 210 g/mol. The maximum atomic E-state index is 11.2. The Morgan fingerprint density at radius 3 is 2.50 bits per heavy atom. The largest absolute Gasteiger partial charge is 0.480 e. The van der Waals surface area contributed by atoms with E-state index in [1.807, 2.05) is 0 Å². The van der Waals surface area contributed by atoms with Crippen molar-refractivity contribution in [3.63, 3.8) is 0 Å². The molecule has 5 nitrogen and oxygen atoms in total. The average molecular weight is 225 g/mol. The van der Waals surface area contributed by atoms with E-state index in [4.69, 9.17) is 10.2 Å². The Morgan fingerprint density at radius 1 is 1.50 bits per heavy atom. The van der Waals surface area contributed by atoms with Crippen LogP contribution in [0.3, 0.4) is 0 Å². The number of aromatic nitrogens is 1. The molecule has 0 aliphatic carbocycles. The molecule has 88 valence electrons. The highest BCUT2D eigenvalue weighted by Gasteiger charge is 2.26. The highest BCUT2D eigenvalue weighted by molar-refractivity contribution is 5.77. The zero-order valence-electron chi connectivity index (χ0n) is 9.25. The van der Waals surface area contributed by atoms with E-state index in [-0.39, 0.29) is 18.2 Å². The Labute approximate surface area is 93.3 Å². The third-order valence-electron chi connectivity index (χ3n) is 2.48. The van der Waals surface area contributed by atoms with Crippen molar-refractivity contribution in [2.45, 2.75) is 26.5 Å². The van der Waals surface area contributed by atoms with Crippen molar-refractivity contribution in [3.8, 4) is 0 Å². The molecule has 0 radical (unpaired) electrons. The van der Waals surface area contributed by atoms with Gasteiger partial charge in [0, 0.05) is 5.69 Å². The van der Waals surface area contributed by atoms with Crippen LogP contribution in [-0.4, -0.2) is 27.0 Å². The molecule has 1 aromatic heterocycles. The molecule has 0 aromatic carbocycles.